The fourth-order valence-corrected chi connectivity index (χ4v) is 1.97. The van der Waals surface area contributed by atoms with Gasteiger partial charge < -0.3 is 4.84 Å². The molecule has 0 fully saturated rings. The smallest absolute Gasteiger partial charge is 0.122 e. The minimum atomic E-state index is 0.584. The zero-order valence-corrected chi connectivity index (χ0v) is 8.62. The molecule has 0 aromatic carbocycles. The molecule has 1 heterocycles. The lowest BCUT2D eigenvalue weighted by molar-refractivity contribution is 0.173. The third-order valence-electron chi connectivity index (χ3n) is 2.72. The summed E-state index contributed by atoms with van der Waals surface area (Å²) in [6, 6.07) is 0. The normalized spacial score (nSPS) is 20.3. The van der Waals surface area contributed by atoms with Gasteiger partial charge in [0.1, 0.15) is 6.61 Å². The fourth-order valence-electron chi connectivity index (χ4n) is 1.97. The van der Waals surface area contributed by atoms with Crippen molar-refractivity contribution in [2.45, 2.75) is 33.1 Å². The van der Waals surface area contributed by atoms with Crippen molar-refractivity contribution in [2.24, 2.45) is 17.0 Å². The Morgan fingerprint density at radius 2 is 2.46 bits per heavy atom. The second-order valence-electron chi connectivity index (χ2n) is 3.68. The van der Waals surface area contributed by atoms with E-state index in [4.69, 9.17) is 4.84 Å². The van der Waals surface area contributed by atoms with E-state index in [9.17, 15) is 0 Å². The third-order valence-corrected chi connectivity index (χ3v) is 2.72. The SMILES string of the molecule is C=CCC(C)C(CC)C1=NOCC1. The highest BCUT2D eigenvalue weighted by atomic mass is 16.6. The van der Waals surface area contributed by atoms with Crippen molar-refractivity contribution < 1.29 is 4.84 Å². The summed E-state index contributed by atoms with van der Waals surface area (Å²) in [5.41, 5.74) is 1.25. The minimum absolute atomic E-state index is 0.584. The summed E-state index contributed by atoms with van der Waals surface area (Å²) < 4.78 is 0. The first-order valence-electron chi connectivity index (χ1n) is 5.09. The van der Waals surface area contributed by atoms with E-state index >= 15 is 0 Å². The average Bonchev–Trinajstić information content (AvgIpc) is 2.59. The van der Waals surface area contributed by atoms with Gasteiger partial charge in [0, 0.05) is 12.3 Å². The Morgan fingerprint density at radius 3 is 2.92 bits per heavy atom. The van der Waals surface area contributed by atoms with Crippen molar-refractivity contribution in [1.82, 2.24) is 0 Å². The summed E-state index contributed by atoms with van der Waals surface area (Å²) in [5.74, 6) is 1.23. The number of hydrogen-bond acceptors (Lipinski definition) is 2. The molecule has 1 aliphatic heterocycles. The van der Waals surface area contributed by atoms with Crippen LogP contribution in [-0.4, -0.2) is 12.3 Å². The highest BCUT2D eigenvalue weighted by molar-refractivity contribution is 5.87. The number of allylic oxidation sites excluding steroid dienone is 1. The summed E-state index contributed by atoms with van der Waals surface area (Å²) in [6.45, 7) is 9.02. The molecule has 0 N–H and O–H groups in total. The van der Waals surface area contributed by atoms with Crippen molar-refractivity contribution in [2.75, 3.05) is 6.61 Å². The van der Waals surface area contributed by atoms with Crippen LogP contribution in [0.2, 0.25) is 0 Å². The van der Waals surface area contributed by atoms with Gasteiger partial charge in [-0.15, -0.1) is 6.58 Å². The molecule has 1 aliphatic rings. The summed E-state index contributed by atoms with van der Waals surface area (Å²) >= 11 is 0. The van der Waals surface area contributed by atoms with Crippen LogP contribution in [0.5, 0.6) is 0 Å². The number of hydrogen-bond donors (Lipinski definition) is 0. The molecule has 1 rings (SSSR count). The molecule has 0 amide bonds. The van der Waals surface area contributed by atoms with E-state index in [-0.39, 0.29) is 0 Å². The lowest BCUT2D eigenvalue weighted by atomic mass is 9.84. The van der Waals surface area contributed by atoms with Crippen molar-refractivity contribution in [3.05, 3.63) is 12.7 Å². The van der Waals surface area contributed by atoms with Gasteiger partial charge in [0.05, 0.1) is 5.71 Å². The van der Waals surface area contributed by atoms with E-state index in [0.29, 0.717) is 11.8 Å². The minimum Gasteiger partial charge on any atom is -0.395 e. The average molecular weight is 181 g/mol. The van der Waals surface area contributed by atoms with E-state index < -0.39 is 0 Å². The summed E-state index contributed by atoms with van der Waals surface area (Å²) in [6.07, 6.45) is 5.22. The summed E-state index contributed by atoms with van der Waals surface area (Å²) in [7, 11) is 0. The summed E-state index contributed by atoms with van der Waals surface area (Å²) in [4.78, 5) is 5.03. The molecule has 0 aromatic rings. The first-order valence-corrected chi connectivity index (χ1v) is 5.09. The van der Waals surface area contributed by atoms with Crippen molar-refractivity contribution in [3.8, 4) is 0 Å². The molecule has 0 saturated carbocycles. The van der Waals surface area contributed by atoms with Gasteiger partial charge in [-0.25, -0.2) is 0 Å². The Balaban J connectivity index is 2.54. The highest BCUT2D eigenvalue weighted by Crippen LogP contribution is 2.24. The van der Waals surface area contributed by atoms with E-state index in [2.05, 4.69) is 25.6 Å². The topological polar surface area (TPSA) is 21.6 Å². The number of oxime groups is 1. The fraction of sp³-hybridized carbons (Fsp3) is 0.727. The molecule has 0 aliphatic carbocycles. The molecule has 13 heavy (non-hydrogen) atoms. The lowest BCUT2D eigenvalue weighted by Crippen LogP contribution is -2.19. The maximum atomic E-state index is 5.03. The standard InChI is InChI=1S/C11H19NO/c1-4-6-9(3)10(5-2)11-7-8-13-12-11/h4,9-10H,1,5-8H2,2-3H3. The number of nitrogens with zero attached hydrogens (tertiary/aromatic N) is 1. The first kappa shape index (κ1) is 10.3. The molecule has 2 atom stereocenters. The molecule has 74 valence electrons. The molecule has 2 unspecified atom stereocenters. The molecule has 0 spiro atoms. The molecule has 2 heteroatoms. The van der Waals surface area contributed by atoms with Gasteiger partial charge >= 0.3 is 0 Å². The van der Waals surface area contributed by atoms with Crippen LogP contribution in [0, 0.1) is 11.8 Å². The Labute approximate surface area is 80.7 Å². The summed E-state index contributed by atoms with van der Waals surface area (Å²) in [5, 5.41) is 4.09. The van der Waals surface area contributed by atoms with Gasteiger partial charge in [-0.3, -0.25) is 0 Å². The maximum absolute atomic E-state index is 5.03. The van der Waals surface area contributed by atoms with Crippen LogP contribution in [0.4, 0.5) is 0 Å². The zero-order chi connectivity index (χ0) is 9.68. The second-order valence-corrected chi connectivity index (χ2v) is 3.68. The van der Waals surface area contributed by atoms with Crippen LogP contribution in [-0.2, 0) is 4.84 Å². The third kappa shape index (κ3) is 2.58. The Kier molecular flexibility index (Phi) is 4.00. The Morgan fingerprint density at radius 1 is 1.69 bits per heavy atom. The van der Waals surface area contributed by atoms with Gasteiger partial charge in [-0.2, -0.15) is 0 Å². The molecular formula is C11H19NO. The molecule has 0 aromatic heterocycles. The molecule has 0 bridgehead atoms. The predicted molar refractivity (Wildman–Crippen MR) is 55.8 cm³/mol. The lowest BCUT2D eigenvalue weighted by Gasteiger charge is -2.20. The zero-order valence-electron chi connectivity index (χ0n) is 8.62. The monoisotopic (exact) mass is 181 g/mol. The van der Waals surface area contributed by atoms with E-state index in [1.807, 2.05) is 6.08 Å². The number of rotatable bonds is 5. The molecule has 2 nitrogen and oxygen atoms in total. The quantitative estimate of drug-likeness (QED) is 0.597. The van der Waals surface area contributed by atoms with Crippen molar-refractivity contribution in [3.63, 3.8) is 0 Å². The van der Waals surface area contributed by atoms with E-state index in [0.717, 1.165) is 25.9 Å². The second kappa shape index (κ2) is 5.05. The van der Waals surface area contributed by atoms with E-state index in [1.54, 1.807) is 0 Å². The van der Waals surface area contributed by atoms with E-state index in [1.165, 1.54) is 5.71 Å². The van der Waals surface area contributed by atoms with Gasteiger partial charge in [-0.05, 0) is 18.8 Å². The highest BCUT2D eigenvalue weighted by Gasteiger charge is 2.23. The van der Waals surface area contributed by atoms with Crippen LogP contribution in [0.1, 0.15) is 33.1 Å². The first-order chi connectivity index (χ1) is 6.29. The van der Waals surface area contributed by atoms with Gasteiger partial charge in [0.25, 0.3) is 0 Å². The van der Waals surface area contributed by atoms with Crippen molar-refractivity contribution in [1.29, 1.82) is 0 Å². The largest absolute Gasteiger partial charge is 0.395 e. The van der Waals surface area contributed by atoms with Crippen LogP contribution in [0.3, 0.4) is 0 Å². The Bertz CT molecular complexity index is 198. The molecule has 0 radical (unpaired) electrons. The van der Waals surface area contributed by atoms with Crippen LogP contribution >= 0.6 is 0 Å². The van der Waals surface area contributed by atoms with Gasteiger partial charge in [0.15, 0.2) is 0 Å². The van der Waals surface area contributed by atoms with Crippen molar-refractivity contribution >= 4 is 5.71 Å². The van der Waals surface area contributed by atoms with Crippen LogP contribution in [0.25, 0.3) is 0 Å². The predicted octanol–water partition coefficient (Wildman–Crippen LogP) is 3.00. The van der Waals surface area contributed by atoms with Gasteiger partial charge in [0.2, 0.25) is 0 Å². The molecular weight excluding hydrogens is 162 g/mol. The molecule has 0 saturated heterocycles. The maximum Gasteiger partial charge on any atom is 0.122 e. The van der Waals surface area contributed by atoms with Crippen LogP contribution < -0.4 is 0 Å². The van der Waals surface area contributed by atoms with Crippen LogP contribution in [0.15, 0.2) is 17.8 Å². The Hall–Kier alpha value is -0.790. The van der Waals surface area contributed by atoms with Gasteiger partial charge in [-0.1, -0.05) is 25.1 Å².